The molecule has 0 spiro atoms. The third kappa shape index (κ3) is 5.20. The van der Waals surface area contributed by atoms with Gasteiger partial charge in [-0.25, -0.2) is 0 Å². The molecule has 3 heteroatoms. The van der Waals surface area contributed by atoms with E-state index in [1.54, 1.807) is 7.11 Å². The fourth-order valence-electron chi connectivity index (χ4n) is 1.69. The van der Waals surface area contributed by atoms with E-state index in [1.165, 1.54) is 0 Å². The molecule has 3 nitrogen and oxygen atoms in total. The summed E-state index contributed by atoms with van der Waals surface area (Å²) in [6.07, 6.45) is 1.92. The molecule has 0 aromatic heterocycles. The first kappa shape index (κ1) is 14.0. The van der Waals surface area contributed by atoms with Crippen LogP contribution in [0, 0.1) is 0 Å². The van der Waals surface area contributed by atoms with Crippen molar-refractivity contribution in [3.63, 3.8) is 0 Å². The van der Waals surface area contributed by atoms with Gasteiger partial charge in [0.2, 0.25) is 0 Å². The van der Waals surface area contributed by atoms with Crippen LogP contribution in [0.2, 0.25) is 0 Å². The van der Waals surface area contributed by atoms with Crippen LogP contribution >= 0.6 is 0 Å². The summed E-state index contributed by atoms with van der Waals surface area (Å²) in [5.41, 5.74) is 1.04. The van der Waals surface area contributed by atoms with Crippen LogP contribution in [0.15, 0.2) is 24.3 Å². The Morgan fingerprint density at radius 1 is 1.24 bits per heavy atom. The highest BCUT2D eigenvalue weighted by atomic mass is 16.5. The van der Waals surface area contributed by atoms with Crippen molar-refractivity contribution in [3.8, 4) is 5.75 Å². The summed E-state index contributed by atoms with van der Waals surface area (Å²) in [5.74, 6) is 0.834. The maximum atomic E-state index is 9.89. The Morgan fingerprint density at radius 2 is 2.00 bits per heavy atom. The first-order valence-corrected chi connectivity index (χ1v) is 6.15. The second kappa shape index (κ2) is 8.09. The number of methoxy groups -OCH3 is 1. The molecule has 96 valence electrons. The average molecular weight is 238 g/mol. The predicted molar refractivity (Wildman–Crippen MR) is 68.4 cm³/mol. The monoisotopic (exact) mass is 238 g/mol. The topological polar surface area (TPSA) is 38.7 Å². The van der Waals surface area contributed by atoms with Gasteiger partial charge in [-0.05, 0) is 24.5 Å². The maximum Gasteiger partial charge on any atom is 0.122 e. The van der Waals surface area contributed by atoms with Gasteiger partial charge in [-0.2, -0.15) is 0 Å². The Balaban J connectivity index is 2.36. The molecule has 1 N–H and O–H groups in total. The van der Waals surface area contributed by atoms with Crippen molar-refractivity contribution in [2.24, 2.45) is 0 Å². The van der Waals surface area contributed by atoms with Crippen LogP contribution in [-0.4, -0.2) is 31.5 Å². The van der Waals surface area contributed by atoms with Gasteiger partial charge < -0.3 is 14.6 Å². The van der Waals surface area contributed by atoms with E-state index in [0.717, 1.165) is 24.3 Å². The van der Waals surface area contributed by atoms with Gasteiger partial charge in [0.05, 0.1) is 13.2 Å². The van der Waals surface area contributed by atoms with E-state index in [4.69, 9.17) is 9.47 Å². The Bertz CT molecular complexity index is 312. The van der Waals surface area contributed by atoms with Crippen LogP contribution in [0.3, 0.4) is 0 Å². The molecule has 1 atom stereocenters. The highest BCUT2D eigenvalue weighted by Crippen LogP contribution is 2.19. The highest BCUT2D eigenvalue weighted by molar-refractivity contribution is 5.33. The van der Waals surface area contributed by atoms with Crippen molar-refractivity contribution in [1.82, 2.24) is 0 Å². The van der Waals surface area contributed by atoms with Crippen molar-refractivity contribution in [2.45, 2.75) is 32.3 Å². The lowest BCUT2D eigenvalue weighted by Gasteiger charge is -2.13. The first-order valence-electron chi connectivity index (χ1n) is 6.15. The summed E-state index contributed by atoms with van der Waals surface area (Å²) in [7, 11) is 1.65. The van der Waals surface area contributed by atoms with Gasteiger partial charge in [-0.1, -0.05) is 25.1 Å². The molecule has 1 aromatic rings. The fourth-order valence-corrected chi connectivity index (χ4v) is 1.69. The number of hydrogen-bond donors (Lipinski definition) is 1. The molecule has 0 heterocycles. The van der Waals surface area contributed by atoms with Gasteiger partial charge in [-0.15, -0.1) is 0 Å². The standard InChI is InChI=1S/C14H22O3/c1-3-9-17-10-8-13(15)11-12-6-4-5-7-14(12)16-2/h4-7,13,15H,3,8-11H2,1-2H3. The Hall–Kier alpha value is -1.06. The van der Waals surface area contributed by atoms with E-state index < -0.39 is 0 Å². The third-order valence-corrected chi connectivity index (χ3v) is 2.59. The van der Waals surface area contributed by atoms with Gasteiger partial charge in [0.1, 0.15) is 5.75 Å². The number of hydrogen-bond acceptors (Lipinski definition) is 3. The zero-order valence-corrected chi connectivity index (χ0v) is 10.7. The first-order chi connectivity index (χ1) is 8.27. The van der Waals surface area contributed by atoms with Crippen molar-refractivity contribution in [1.29, 1.82) is 0 Å². The number of rotatable bonds is 8. The van der Waals surface area contributed by atoms with Crippen LogP contribution in [0.4, 0.5) is 0 Å². The quantitative estimate of drug-likeness (QED) is 0.707. The second-order valence-electron chi connectivity index (χ2n) is 4.07. The molecule has 0 saturated carbocycles. The largest absolute Gasteiger partial charge is 0.496 e. The number of aliphatic hydroxyl groups excluding tert-OH is 1. The molecule has 0 bridgehead atoms. The summed E-state index contributed by atoms with van der Waals surface area (Å²) in [6, 6.07) is 7.78. The van der Waals surface area contributed by atoms with Crippen molar-refractivity contribution >= 4 is 0 Å². The van der Waals surface area contributed by atoms with E-state index in [1.807, 2.05) is 24.3 Å². The molecule has 0 amide bonds. The number of aliphatic hydroxyl groups is 1. The molecule has 0 aliphatic carbocycles. The third-order valence-electron chi connectivity index (χ3n) is 2.59. The van der Waals surface area contributed by atoms with Gasteiger partial charge in [0, 0.05) is 19.6 Å². The molecule has 0 fully saturated rings. The Labute approximate surface area is 103 Å². The Kier molecular flexibility index (Phi) is 6.67. The van der Waals surface area contributed by atoms with Gasteiger partial charge >= 0.3 is 0 Å². The molecule has 1 unspecified atom stereocenters. The minimum atomic E-state index is -0.372. The van der Waals surface area contributed by atoms with Crippen LogP contribution < -0.4 is 4.74 Å². The fraction of sp³-hybridized carbons (Fsp3) is 0.571. The summed E-state index contributed by atoms with van der Waals surface area (Å²) >= 11 is 0. The zero-order chi connectivity index (χ0) is 12.5. The van der Waals surface area contributed by atoms with E-state index >= 15 is 0 Å². The maximum absolute atomic E-state index is 9.89. The molecule has 0 aliphatic rings. The van der Waals surface area contributed by atoms with Crippen LogP contribution in [0.5, 0.6) is 5.75 Å². The lowest BCUT2D eigenvalue weighted by molar-refractivity contribution is 0.0821. The van der Waals surface area contributed by atoms with Gasteiger partial charge in [-0.3, -0.25) is 0 Å². The van der Waals surface area contributed by atoms with E-state index in [2.05, 4.69) is 6.92 Å². The van der Waals surface area contributed by atoms with Crippen LogP contribution in [-0.2, 0) is 11.2 Å². The lowest BCUT2D eigenvalue weighted by atomic mass is 10.1. The number of para-hydroxylation sites is 1. The molecule has 0 aliphatic heterocycles. The minimum Gasteiger partial charge on any atom is -0.496 e. The highest BCUT2D eigenvalue weighted by Gasteiger charge is 2.09. The van der Waals surface area contributed by atoms with Crippen molar-refractivity contribution in [3.05, 3.63) is 29.8 Å². The molecule has 0 saturated heterocycles. The Morgan fingerprint density at radius 3 is 2.71 bits per heavy atom. The molecule has 17 heavy (non-hydrogen) atoms. The van der Waals surface area contributed by atoms with Crippen molar-refractivity contribution in [2.75, 3.05) is 20.3 Å². The SMILES string of the molecule is CCCOCCC(O)Cc1ccccc1OC. The van der Waals surface area contributed by atoms with Crippen LogP contribution in [0.1, 0.15) is 25.3 Å². The number of ether oxygens (including phenoxy) is 2. The summed E-state index contributed by atoms with van der Waals surface area (Å²) in [6.45, 7) is 3.46. The normalized spacial score (nSPS) is 12.4. The smallest absolute Gasteiger partial charge is 0.122 e. The van der Waals surface area contributed by atoms with Crippen molar-refractivity contribution < 1.29 is 14.6 Å². The summed E-state index contributed by atoms with van der Waals surface area (Å²) in [5, 5.41) is 9.89. The number of benzene rings is 1. The predicted octanol–water partition coefficient (Wildman–Crippen LogP) is 2.42. The molecule has 0 radical (unpaired) electrons. The second-order valence-corrected chi connectivity index (χ2v) is 4.07. The minimum absolute atomic E-state index is 0.372. The summed E-state index contributed by atoms with van der Waals surface area (Å²) < 4.78 is 10.6. The zero-order valence-electron chi connectivity index (χ0n) is 10.7. The van der Waals surface area contributed by atoms with E-state index in [9.17, 15) is 5.11 Å². The van der Waals surface area contributed by atoms with E-state index in [-0.39, 0.29) is 6.10 Å². The molecule has 1 rings (SSSR count). The van der Waals surface area contributed by atoms with Gasteiger partial charge in [0.25, 0.3) is 0 Å². The molecular weight excluding hydrogens is 216 g/mol. The lowest BCUT2D eigenvalue weighted by Crippen LogP contribution is -2.14. The molecule has 1 aromatic carbocycles. The summed E-state index contributed by atoms with van der Waals surface area (Å²) in [4.78, 5) is 0. The van der Waals surface area contributed by atoms with E-state index in [0.29, 0.717) is 19.4 Å². The average Bonchev–Trinajstić information content (AvgIpc) is 2.35. The molecular formula is C14H22O3. The van der Waals surface area contributed by atoms with Crippen LogP contribution in [0.25, 0.3) is 0 Å². The van der Waals surface area contributed by atoms with Gasteiger partial charge in [0.15, 0.2) is 0 Å².